The number of aromatic nitrogens is 7. The van der Waals surface area contributed by atoms with Gasteiger partial charge in [0.2, 0.25) is 5.95 Å². The molecule has 1 atom stereocenters. The van der Waals surface area contributed by atoms with Crippen LogP contribution in [0.1, 0.15) is 56.0 Å². The van der Waals surface area contributed by atoms with Crippen molar-refractivity contribution in [2.45, 2.75) is 51.1 Å². The third kappa shape index (κ3) is 6.48. The Balaban J connectivity index is 1.29. The quantitative estimate of drug-likeness (QED) is 0.174. The van der Waals surface area contributed by atoms with Crippen LogP contribution in [-0.4, -0.2) is 34.7 Å². The molecule has 0 unspecified atom stereocenters. The molecular formula is C30H32ClN9. The molecule has 1 aliphatic rings. The maximum Gasteiger partial charge on any atom is 0.226 e. The first-order chi connectivity index (χ1) is 19.7. The van der Waals surface area contributed by atoms with Crippen molar-refractivity contribution in [3.05, 3.63) is 95.8 Å². The van der Waals surface area contributed by atoms with E-state index in [4.69, 9.17) is 26.6 Å². The number of H-pyrrole nitrogens is 1. The van der Waals surface area contributed by atoms with Gasteiger partial charge in [0.05, 0.1) is 6.04 Å². The summed E-state index contributed by atoms with van der Waals surface area (Å²) in [5.74, 6) is 4.03. The monoisotopic (exact) mass is 553 g/mol. The first kappa shape index (κ1) is 26.0. The summed E-state index contributed by atoms with van der Waals surface area (Å²) in [5.41, 5.74) is 2.03. The number of hydrogen-bond donors (Lipinski definition) is 3. The summed E-state index contributed by atoms with van der Waals surface area (Å²) in [4.78, 5) is 18.7. The highest BCUT2D eigenvalue weighted by atomic mass is 35.5. The normalized spacial score (nSPS) is 14.6. The van der Waals surface area contributed by atoms with Gasteiger partial charge in [-0.2, -0.15) is 15.1 Å². The number of nitrogens with zero attached hydrogens (tertiary/aromatic N) is 6. The van der Waals surface area contributed by atoms with Crippen molar-refractivity contribution in [2.75, 3.05) is 10.6 Å². The van der Waals surface area contributed by atoms with Crippen LogP contribution in [0.3, 0.4) is 0 Å². The Kier molecular flexibility index (Phi) is 8.00. The summed E-state index contributed by atoms with van der Waals surface area (Å²) >= 11 is 6.19. The van der Waals surface area contributed by atoms with Crippen LogP contribution < -0.4 is 10.6 Å². The summed E-state index contributed by atoms with van der Waals surface area (Å²) < 4.78 is 1.87. The van der Waals surface area contributed by atoms with Crippen LogP contribution in [0, 0.1) is 5.92 Å². The first-order valence-corrected chi connectivity index (χ1v) is 14.2. The smallest absolute Gasteiger partial charge is 0.226 e. The SMILES string of the molecule is Clc1cccc(CNc2nc(N[C@H](CC3CCCCC3)c3nc(-c4ccccc4)n[nH]3)cc(-n3ccnc3)n2)c1. The van der Waals surface area contributed by atoms with Gasteiger partial charge in [0.1, 0.15) is 23.8 Å². The molecule has 6 rings (SSSR count). The fraction of sp³-hybridized carbons (Fsp3) is 0.300. The van der Waals surface area contributed by atoms with Crippen LogP contribution in [0.25, 0.3) is 17.2 Å². The van der Waals surface area contributed by atoms with Crippen molar-refractivity contribution in [3.8, 4) is 17.2 Å². The van der Waals surface area contributed by atoms with Gasteiger partial charge in [-0.15, -0.1) is 0 Å². The Bertz CT molecular complexity index is 1510. The van der Waals surface area contributed by atoms with Crippen LogP contribution in [0.5, 0.6) is 0 Å². The summed E-state index contributed by atoms with van der Waals surface area (Å²) in [6, 6.07) is 19.7. The molecule has 0 radical (unpaired) electrons. The zero-order chi connectivity index (χ0) is 27.1. The summed E-state index contributed by atoms with van der Waals surface area (Å²) in [7, 11) is 0. The van der Waals surface area contributed by atoms with Gasteiger partial charge in [-0.25, -0.2) is 9.97 Å². The molecular weight excluding hydrogens is 522 g/mol. The van der Waals surface area contributed by atoms with E-state index in [1.807, 2.05) is 71.4 Å². The van der Waals surface area contributed by atoms with E-state index in [1.165, 1.54) is 32.1 Å². The highest BCUT2D eigenvalue weighted by Crippen LogP contribution is 2.33. The molecule has 0 bridgehead atoms. The van der Waals surface area contributed by atoms with Crippen molar-refractivity contribution in [1.82, 2.24) is 34.7 Å². The summed E-state index contributed by atoms with van der Waals surface area (Å²) in [6.45, 7) is 0.543. The Labute approximate surface area is 238 Å². The van der Waals surface area contributed by atoms with Crippen LogP contribution in [0.15, 0.2) is 79.4 Å². The highest BCUT2D eigenvalue weighted by Gasteiger charge is 2.24. The average Bonchev–Trinajstić information content (AvgIpc) is 3.70. The van der Waals surface area contributed by atoms with Gasteiger partial charge in [-0.05, 0) is 30.0 Å². The number of hydrogen-bond acceptors (Lipinski definition) is 7. The molecule has 2 aromatic carbocycles. The van der Waals surface area contributed by atoms with Gasteiger partial charge < -0.3 is 10.6 Å². The lowest BCUT2D eigenvalue weighted by atomic mass is 9.84. The minimum absolute atomic E-state index is 0.0839. The van der Waals surface area contributed by atoms with Crippen molar-refractivity contribution < 1.29 is 0 Å². The number of imidazole rings is 1. The first-order valence-electron chi connectivity index (χ1n) is 13.8. The zero-order valence-corrected chi connectivity index (χ0v) is 22.9. The van der Waals surface area contributed by atoms with Crippen molar-refractivity contribution in [1.29, 1.82) is 0 Å². The summed E-state index contributed by atoms with van der Waals surface area (Å²) in [5, 5.41) is 15.5. The predicted octanol–water partition coefficient (Wildman–Crippen LogP) is 6.84. The minimum Gasteiger partial charge on any atom is -0.360 e. The lowest BCUT2D eigenvalue weighted by molar-refractivity contribution is 0.322. The van der Waals surface area contributed by atoms with Crippen molar-refractivity contribution in [3.63, 3.8) is 0 Å². The van der Waals surface area contributed by atoms with E-state index in [9.17, 15) is 0 Å². The van der Waals surface area contributed by atoms with E-state index in [-0.39, 0.29) is 6.04 Å². The van der Waals surface area contributed by atoms with Crippen molar-refractivity contribution in [2.24, 2.45) is 5.92 Å². The molecule has 3 heterocycles. The van der Waals surface area contributed by atoms with Crippen molar-refractivity contribution >= 4 is 23.4 Å². The largest absolute Gasteiger partial charge is 0.360 e. The maximum atomic E-state index is 6.19. The Hall–Kier alpha value is -4.24. The molecule has 3 N–H and O–H groups in total. The standard InChI is InChI=1S/C30H32ClN9/c31-24-13-7-10-22(16-24)19-33-30-35-26(18-27(36-30)40-15-14-32-20-40)34-25(17-21-8-3-1-4-9-21)29-37-28(38-39-29)23-11-5-2-6-12-23/h2,5-7,10-16,18,20-21,25H,1,3-4,8-9,17,19H2,(H,37,38,39)(H2,33,34,35,36)/t25-/m1/s1. The molecule has 0 spiro atoms. The number of aromatic amines is 1. The fourth-order valence-corrected chi connectivity index (χ4v) is 5.48. The number of benzene rings is 2. The predicted molar refractivity (Wildman–Crippen MR) is 157 cm³/mol. The van der Waals surface area contributed by atoms with Gasteiger partial charge in [0, 0.05) is 35.6 Å². The molecule has 0 amide bonds. The lowest BCUT2D eigenvalue weighted by Crippen LogP contribution is -2.20. The van der Waals surface area contributed by atoms with E-state index in [0.717, 1.165) is 23.4 Å². The Morgan fingerprint density at radius 3 is 2.65 bits per heavy atom. The van der Waals surface area contributed by atoms with Crippen LogP contribution >= 0.6 is 11.6 Å². The molecule has 1 saturated carbocycles. The minimum atomic E-state index is -0.0839. The molecule has 40 heavy (non-hydrogen) atoms. The molecule has 3 aromatic heterocycles. The van der Waals surface area contributed by atoms with Gasteiger partial charge in [-0.3, -0.25) is 9.67 Å². The molecule has 10 heteroatoms. The number of rotatable bonds is 10. The summed E-state index contributed by atoms with van der Waals surface area (Å²) in [6.07, 6.45) is 12.6. The number of anilines is 2. The van der Waals surface area contributed by atoms with E-state index in [0.29, 0.717) is 40.9 Å². The maximum absolute atomic E-state index is 6.19. The van der Waals surface area contributed by atoms with Crippen LogP contribution in [0.4, 0.5) is 11.8 Å². The highest BCUT2D eigenvalue weighted by molar-refractivity contribution is 6.30. The third-order valence-corrected chi connectivity index (χ3v) is 7.54. The molecule has 1 aliphatic carbocycles. The molecule has 204 valence electrons. The lowest BCUT2D eigenvalue weighted by Gasteiger charge is -2.26. The topological polar surface area (TPSA) is 109 Å². The molecule has 0 aliphatic heterocycles. The third-order valence-electron chi connectivity index (χ3n) is 7.30. The van der Waals surface area contributed by atoms with Gasteiger partial charge in [0.25, 0.3) is 0 Å². The number of halogens is 1. The second-order valence-corrected chi connectivity index (χ2v) is 10.7. The number of nitrogens with one attached hydrogen (secondary N) is 3. The molecule has 9 nitrogen and oxygen atoms in total. The van der Waals surface area contributed by atoms with Gasteiger partial charge >= 0.3 is 0 Å². The Morgan fingerprint density at radius 1 is 0.975 bits per heavy atom. The van der Waals surface area contributed by atoms with E-state index in [1.54, 1.807) is 12.5 Å². The van der Waals surface area contributed by atoms with Gasteiger partial charge in [0.15, 0.2) is 5.82 Å². The second kappa shape index (κ2) is 12.3. The molecule has 5 aromatic rings. The van der Waals surface area contributed by atoms with Gasteiger partial charge in [-0.1, -0.05) is 86.2 Å². The second-order valence-electron chi connectivity index (χ2n) is 10.2. The van der Waals surface area contributed by atoms with Crippen LogP contribution in [-0.2, 0) is 6.54 Å². The molecule has 0 saturated heterocycles. The van der Waals surface area contributed by atoms with Crippen LogP contribution in [0.2, 0.25) is 5.02 Å². The van der Waals surface area contributed by atoms with E-state index in [2.05, 4.69) is 25.8 Å². The Morgan fingerprint density at radius 2 is 1.85 bits per heavy atom. The average molecular weight is 554 g/mol. The zero-order valence-electron chi connectivity index (χ0n) is 22.2. The van der Waals surface area contributed by atoms with E-state index >= 15 is 0 Å². The molecule has 1 fully saturated rings. The van der Waals surface area contributed by atoms with E-state index < -0.39 is 0 Å². The fourth-order valence-electron chi connectivity index (χ4n) is 5.26.